The van der Waals surface area contributed by atoms with Crippen LogP contribution in [0.1, 0.15) is 42.5 Å². The van der Waals surface area contributed by atoms with Crippen LogP contribution in [0.2, 0.25) is 0 Å². The molecule has 4 nitrogen and oxygen atoms in total. The van der Waals surface area contributed by atoms with Crippen molar-refractivity contribution in [1.29, 1.82) is 0 Å². The minimum absolute atomic E-state index is 0.379. The Labute approximate surface area is 131 Å². The van der Waals surface area contributed by atoms with Crippen molar-refractivity contribution in [2.45, 2.75) is 38.5 Å². The van der Waals surface area contributed by atoms with Crippen LogP contribution < -0.4 is 11.1 Å². The molecule has 0 saturated heterocycles. The van der Waals surface area contributed by atoms with Crippen molar-refractivity contribution in [2.24, 2.45) is 11.1 Å². The second-order valence-electron chi connectivity index (χ2n) is 6.30. The number of nitrogens with two attached hydrogens (primary N) is 1. The van der Waals surface area contributed by atoms with Crippen molar-refractivity contribution >= 4 is 23.0 Å². The fourth-order valence-corrected chi connectivity index (χ4v) is 3.23. The number of rotatable bonds is 7. The molecule has 21 heavy (non-hydrogen) atoms. The number of ether oxygens (including phenoxy) is 1. The number of aryl methyl sites for hydroxylation is 2. The number of thiocarbonyl (C=S) groups is 1. The second-order valence-corrected chi connectivity index (χ2v) is 6.74. The molecular formula is C16H23N3OS. The van der Waals surface area contributed by atoms with Crippen LogP contribution in [-0.4, -0.2) is 30.2 Å². The van der Waals surface area contributed by atoms with Gasteiger partial charge in [0.05, 0.1) is 5.56 Å². The van der Waals surface area contributed by atoms with Crippen LogP contribution in [0.5, 0.6) is 0 Å². The molecule has 0 aliphatic heterocycles. The predicted molar refractivity (Wildman–Crippen MR) is 88.8 cm³/mol. The SMILES string of the molecule is COCCC1(CNc2nc3c(cc2C(N)=S)CCC3)CC1. The topological polar surface area (TPSA) is 60.2 Å². The van der Waals surface area contributed by atoms with Crippen LogP contribution in [0.3, 0.4) is 0 Å². The summed E-state index contributed by atoms with van der Waals surface area (Å²) >= 11 is 5.19. The van der Waals surface area contributed by atoms with E-state index in [4.69, 9.17) is 27.7 Å². The molecule has 1 aromatic rings. The molecule has 5 heteroatoms. The number of nitrogens with zero attached hydrogens (tertiary/aromatic N) is 1. The van der Waals surface area contributed by atoms with E-state index in [1.54, 1.807) is 7.11 Å². The van der Waals surface area contributed by atoms with Gasteiger partial charge in [-0.3, -0.25) is 0 Å². The largest absolute Gasteiger partial charge is 0.389 e. The zero-order valence-electron chi connectivity index (χ0n) is 12.6. The fourth-order valence-electron chi connectivity index (χ4n) is 3.08. The van der Waals surface area contributed by atoms with Crippen LogP contribution >= 0.6 is 12.2 Å². The molecule has 0 atom stereocenters. The molecule has 114 valence electrons. The highest BCUT2D eigenvalue weighted by atomic mass is 32.1. The maximum atomic E-state index is 5.88. The first kappa shape index (κ1) is 14.7. The van der Waals surface area contributed by atoms with Gasteiger partial charge in [-0.1, -0.05) is 12.2 Å². The highest BCUT2D eigenvalue weighted by Gasteiger charge is 2.41. The van der Waals surface area contributed by atoms with Crippen molar-refractivity contribution in [3.05, 3.63) is 22.9 Å². The molecule has 1 heterocycles. The van der Waals surface area contributed by atoms with Crippen molar-refractivity contribution < 1.29 is 4.74 Å². The Morgan fingerprint density at radius 3 is 2.95 bits per heavy atom. The van der Waals surface area contributed by atoms with Crippen molar-refractivity contribution in [2.75, 3.05) is 25.6 Å². The number of fused-ring (bicyclic) bond motifs is 1. The first-order valence-corrected chi connectivity index (χ1v) is 8.10. The summed E-state index contributed by atoms with van der Waals surface area (Å²) in [5, 5.41) is 3.50. The Morgan fingerprint density at radius 1 is 1.48 bits per heavy atom. The highest BCUT2D eigenvalue weighted by Crippen LogP contribution is 2.48. The summed E-state index contributed by atoms with van der Waals surface area (Å²) in [5.74, 6) is 0.867. The van der Waals surface area contributed by atoms with Crippen LogP contribution in [0.25, 0.3) is 0 Å². The molecule has 3 N–H and O–H groups in total. The van der Waals surface area contributed by atoms with E-state index in [1.807, 2.05) is 0 Å². The summed E-state index contributed by atoms with van der Waals surface area (Å²) in [5.41, 5.74) is 9.67. The van der Waals surface area contributed by atoms with E-state index in [9.17, 15) is 0 Å². The third kappa shape index (κ3) is 3.19. The summed E-state index contributed by atoms with van der Waals surface area (Å²) in [6.07, 6.45) is 6.96. The number of methoxy groups -OCH3 is 1. The van der Waals surface area contributed by atoms with E-state index in [1.165, 1.54) is 30.5 Å². The van der Waals surface area contributed by atoms with Gasteiger partial charge in [0.15, 0.2) is 0 Å². The van der Waals surface area contributed by atoms with E-state index < -0.39 is 0 Å². The molecule has 0 aromatic carbocycles. The van der Waals surface area contributed by atoms with Gasteiger partial charge in [-0.25, -0.2) is 4.98 Å². The summed E-state index contributed by atoms with van der Waals surface area (Å²) in [7, 11) is 1.76. The molecule has 0 unspecified atom stereocenters. The predicted octanol–water partition coefficient (Wildman–Crippen LogP) is 2.43. The smallest absolute Gasteiger partial charge is 0.136 e. The Balaban J connectivity index is 1.74. The zero-order chi connectivity index (χ0) is 14.9. The normalized spacial score (nSPS) is 18.3. The Morgan fingerprint density at radius 2 is 2.29 bits per heavy atom. The Hall–Kier alpha value is -1.20. The summed E-state index contributed by atoms with van der Waals surface area (Å²) < 4.78 is 5.21. The van der Waals surface area contributed by atoms with Gasteiger partial charge in [-0.05, 0) is 55.6 Å². The van der Waals surface area contributed by atoms with Gasteiger partial charge in [0, 0.05) is 26.0 Å². The number of pyridine rings is 1. The van der Waals surface area contributed by atoms with E-state index in [-0.39, 0.29) is 0 Å². The molecule has 2 aliphatic rings. The first-order valence-electron chi connectivity index (χ1n) is 7.69. The van der Waals surface area contributed by atoms with E-state index in [0.29, 0.717) is 10.4 Å². The van der Waals surface area contributed by atoms with Crippen LogP contribution in [0, 0.1) is 5.41 Å². The Kier molecular flexibility index (Phi) is 4.13. The molecule has 1 saturated carbocycles. The van der Waals surface area contributed by atoms with Crippen molar-refractivity contribution in [3.63, 3.8) is 0 Å². The van der Waals surface area contributed by atoms with E-state index in [0.717, 1.165) is 43.8 Å². The first-order chi connectivity index (χ1) is 10.1. The number of nitrogens with one attached hydrogen (secondary N) is 1. The number of hydrogen-bond donors (Lipinski definition) is 2. The van der Waals surface area contributed by atoms with Gasteiger partial charge in [0.2, 0.25) is 0 Å². The van der Waals surface area contributed by atoms with Gasteiger partial charge < -0.3 is 15.8 Å². The maximum absolute atomic E-state index is 5.88. The van der Waals surface area contributed by atoms with Crippen LogP contribution in [-0.2, 0) is 17.6 Å². The lowest BCUT2D eigenvalue weighted by Gasteiger charge is -2.18. The van der Waals surface area contributed by atoms with Crippen molar-refractivity contribution in [3.8, 4) is 0 Å². The zero-order valence-corrected chi connectivity index (χ0v) is 13.4. The maximum Gasteiger partial charge on any atom is 0.136 e. The van der Waals surface area contributed by atoms with Crippen molar-refractivity contribution in [1.82, 2.24) is 4.98 Å². The monoisotopic (exact) mass is 305 g/mol. The van der Waals surface area contributed by atoms with Gasteiger partial charge in [0.1, 0.15) is 10.8 Å². The lowest BCUT2D eigenvalue weighted by molar-refractivity contribution is 0.175. The second kappa shape index (κ2) is 5.89. The van der Waals surface area contributed by atoms with Gasteiger partial charge in [0.25, 0.3) is 0 Å². The minimum Gasteiger partial charge on any atom is -0.389 e. The summed E-state index contributed by atoms with van der Waals surface area (Å²) in [6, 6.07) is 2.13. The van der Waals surface area contributed by atoms with Gasteiger partial charge >= 0.3 is 0 Å². The lowest BCUT2D eigenvalue weighted by Crippen LogP contribution is -2.21. The molecule has 0 radical (unpaired) electrons. The van der Waals surface area contributed by atoms with Crippen LogP contribution in [0.4, 0.5) is 5.82 Å². The number of anilines is 1. The molecular weight excluding hydrogens is 282 g/mol. The summed E-state index contributed by atoms with van der Waals surface area (Å²) in [6.45, 7) is 1.75. The van der Waals surface area contributed by atoms with Gasteiger partial charge in [-0.15, -0.1) is 0 Å². The third-order valence-electron chi connectivity index (χ3n) is 4.74. The average Bonchev–Trinajstić information content (AvgIpc) is 3.10. The third-order valence-corrected chi connectivity index (χ3v) is 4.96. The quantitative estimate of drug-likeness (QED) is 0.758. The summed E-state index contributed by atoms with van der Waals surface area (Å²) in [4.78, 5) is 5.21. The number of hydrogen-bond acceptors (Lipinski definition) is 4. The number of aromatic nitrogens is 1. The molecule has 0 spiro atoms. The average molecular weight is 305 g/mol. The van der Waals surface area contributed by atoms with E-state index >= 15 is 0 Å². The lowest BCUT2D eigenvalue weighted by atomic mass is 10.0. The molecule has 2 aliphatic carbocycles. The van der Waals surface area contributed by atoms with E-state index in [2.05, 4.69) is 11.4 Å². The molecule has 0 bridgehead atoms. The molecule has 1 aromatic heterocycles. The Bertz CT molecular complexity index is 555. The molecule has 3 rings (SSSR count). The highest BCUT2D eigenvalue weighted by molar-refractivity contribution is 7.80. The minimum atomic E-state index is 0.379. The fraction of sp³-hybridized carbons (Fsp3) is 0.625. The molecule has 0 amide bonds. The van der Waals surface area contributed by atoms with Crippen LogP contribution in [0.15, 0.2) is 6.07 Å². The van der Waals surface area contributed by atoms with Gasteiger partial charge in [-0.2, -0.15) is 0 Å². The molecule has 1 fully saturated rings. The standard InChI is InChI=1S/C16H23N3OS/c1-20-8-7-16(5-6-16)10-18-15-12(14(17)21)9-11-3-2-4-13(11)19-15/h9H,2-8,10H2,1H3,(H2,17,21)(H,18,19).